The molecule has 2 amide bonds. The van der Waals surface area contributed by atoms with Crippen LogP contribution in [0, 0.1) is 11.6 Å². The minimum Gasteiger partial charge on any atom is -0.463 e. The summed E-state index contributed by atoms with van der Waals surface area (Å²) in [5, 5.41) is 24.6. The van der Waals surface area contributed by atoms with E-state index >= 15 is 0 Å². The SMILES string of the molecule is CCOCCOCCNC(=O)[C@H](O)[C@@H](O)C(=O)NCCOCCOCCOCCOCCOCCOCCNS(=O)(=O)c1ccc(Oc2c(F)cc(/C=C(\C)C(=O)OCC)cc2F)cc1. The maximum absolute atomic E-state index is 14.7. The maximum atomic E-state index is 14.7. The molecule has 0 aliphatic carbocycles. The van der Waals surface area contributed by atoms with Crippen LogP contribution in [0.2, 0.25) is 0 Å². The maximum Gasteiger partial charge on any atom is 0.333 e. The highest BCUT2D eigenvalue weighted by molar-refractivity contribution is 7.89. The highest BCUT2D eigenvalue weighted by atomic mass is 32.2. The molecule has 0 saturated carbocycles. The molecule has 2 atom stereocenters. The molecule has 0 spiro atoms. The number of esters is 1. The summed E-state index contributed by atoms with van der Waals surface area (Å²) in [5.74, 6) is -5.18. The molecule has 0 radical (unpaired) electrons. The highest BCUT2D eigenvalue weighted by Crippen LogP contribution is 2.30. The van der Waals surface area contributed by atoms with Crippen molar-refractivity contribution in [1.82, 2.24) is 15.4 Å². The van der Waals surface area contributed by atoms with Crippen LogP contribution in [0.15, 0.2) is 46.9 Å². The number of halogens is 2. The van der Waals surface area contributed by atoms with Crippen molar-refractivity contribution >= 4 is 33.9 Å². The summed E-state index contributed by atoms with van der Waals surface area (Å²) < 4.78 is 110. The molecule has 5 N–H and O–H groups in total. The number of carbonyl (C=O) groups is 3. The molecule has 0 heterocycles. The van der Waals surface area contributed by atoms with Gasteiger partial charge in [0.2, 0.25) is 10.0 Å². The molecule has 0 bridgehead atoms. The van der Waals surface area contributed by atoms with Crippen LogP contribution in [0.4, 0.5) is 8.78 Å². The van der Waals surface area contributed by atoms with Crippen LogP contribution in [0.1, 0.15) is 26.3 Å². The molecule has 0 fully saturated rings. The van der Waals surface area contributed by atoms with E-state index in [9.17, 15) is 41.8 Å². The third-order valence-electron chi connectivity index (χ3n) is 8.26. The van der Waals surface area contributed by atoms with Crippen molar-refractivity contribution in [3.8, 4) is 11.5 Å². The highest BCUT2D eigenvalue weighted by Gasteiger charge is 2.30. The summed E-state index contributed by atoms with van der Waals surface area (Å²) in [7, 11) is -3.91. The van der Waals surface area contributed by atoms with Crippen LogP contribution in [0.5, 0.6) is 11.5 Å². The molecular weight excluding hydrogens is 889 g/mol. The molecule has 0 saturated heterocycles. The summed E-state index contributed by atoms with van der Waals surface area (Å²) in [6.07, 6.45) is -2.61. The summed E-state index contributed by atoms with van der Waals surface area (Å²) >= 11 is 0. The van der Waals surface area contributed by atoms with Crippen molar-refractivity contribution in [2.24, 2.45) is 0 Å². The Morgan fingerprint density at radius 2 is 1.02 bits per heavy atom. The smallest absolute Gasteiger partial charge is 0.333 e. The van der Waals surface area contributed by atoms with Crippen LogP contribution in [0.25, 0.3) is 6.08 Å². The zero-order valence-electron chi connectivity index (χ0n) is 37.0. The molecule has 0 aliphatic rings. The third kappa shape index (κ3) is 24.7. The van der Waals surface area contributed by atoms with E-state index < -0.39 is 57.4 Å². The van der Waals surface area contributed by atoms with Crippen LogP contribution in [-0.2, 0) is 67.0 Å². The van der Waals surface area contributed by atoms with E-state index in [0.717, 1.165) is 12.1 Å². The predicted molar refractivity (Wildman–Crippen MR) is 229 cm³/mol. The number of rotatable bonds is 38. The lowest BCUT2D eigenvalue weighted by Gasteiger charge is -2.17. The number of ether oxygens (including phenoxy) is 10. The molecule has 0 unspecified atom stereocenters. The first-order valence-electron chi connectivity index (χ1n) is 21.0. The lowest BCUT2D eigenvalue weighted by molar-refractivity contribution is -0.146. The first-order chi connectivity index (χ1) is 31.3. The number of nitrogens with one attached hydrogen (secondary N) is 3. The van der Waals surface area contributed by atoms with E-state index in [1.54, 1.807) is 6.92 Å². The number of amides is 2. The van der Waals surface area contributed by atoms with Crippen LogP contribution >= 0.6 is 0 Å². The van der Waals surface area contributed by atoms with E-state index in [-0.39, 0.29) is 94.3 Å². The fourth-order valence-electron chi connectivity index (χ4n) is 5.00. The number of hydrogen-bond acceptors (Lipinski definition) is 17. The lowest BCUT2D eigenvalue weighted by Crippen LogP contribution is -2.50. The minimum absolute atomic E-state index is 0.00544. The van der Waals surface area contributed by atoms with Gasteiger partial charge < -0.3 is 68.2 Å². The molecule has 2 rings (SSSR count). The van der Waals surface area contributed by atoms with Crippen molar-refractivity contribution < 1.29 is 89.2 Å². The van der Waals surface area contributed by atoms with Crippen LogP contribution in [0.3, 0.4) is 0 Å². The van der Waals surface area contributed by atoms with Gasteiger partial charge in [-0.3, -0.25) is 9.59 Å². The zero-order valence-corrected chi connectivity index (χ0v) is 37.8. The van der Waals surface area contributed by atoms with Gasteiger partial charge in [0.15, 0.2) is 29.6 Å². The van der Waals surface area contributed by atoms with E-state index in [4.69, 9.17) is 47.4 Å². The Balaban J connectivity index is 1.42. The minimum atomic E-state index is -3.91. The van der Waals surface area contributed by atoms with Gasteiger partial charge in [0.25, 0.3) is 11.8 Å². The van der Waals surface area contributed by atoms with Gasteiger partial charge in [-0.15, -0.1) is 0 Å². The zero-order chi connectivity index (χ0) is 47.7. The molecule has 0 aliphatic heterocycles. The van der Waals surface area contributed by atoms with Gasteiger partial charge in [0.1, 0.15) is 5.75 Å². The van der Waals surface area contributed by atoms with Crippen LogP contribution in [-0.4, -0.2) is 181 Å². The first-order valence-corrected chi connectivity index (χ1v) is 22.4. The molecule has 2 aromatic carbocycles. The number of benzene rings is 2. The van der Waals surface area contributed by atoms with Crippen LogP contribution < -0.4 is 20.1 Å². The normalized spacial score (nSPS) is 12.8. The summed E-state index contributed by atoms with van der Waals surface area (Å²) in [5.41, 5.74) is 0.248. The number of sulfonamides is 1. The van der Waals surface area contributed by atoms with E-state index in [0.29, 0.717) is 59.5 Å². The number of carbonyl (C=O) groups excluding carboxylic acids is 3. The number of aliphatic hydroxyl groups excluding tert-OH is 2. The second kappa shape index (κ2) is 34.1. The fraction of sp³-hybridized carbons (Fsp3) is 0.595. The summed E-state index contributed by atoms with van der Waals surface area (Å²) in [6.45, 7) is 9.93. The third-order valence-corrected chi connectivity index (χ3v) is 9.73. The van der Waals surface area contributed by atoms with Crippen molar-refractivity contribution in [1.29, 1.82) is 0 Å². The van der Waals surface area contributed by atoms with Crippen molar-refractivity contribution in [2.75, 3.05) is 132 Å². The van der Waals surface area contributed by atoms with Gasteiger partial charge in [0, 0.05) is 31.8 Å². The molecular formula is C42H63F2N3O17S. The largest absolute Gasteiger partial charge is 0.463 e. The number of aliphatic hydroxyl groups is 2. The van der Waals surface area contributed by atoms with Gasteiger partial charge in [0.05, 0.1) is 111 Å². The standard InChI is InChI=1S/C42H63F2N3O17S/c1-4-55-16-17-56-13-10-45-40(50)37(48)38(49)41(51)46-11-14-57-18-20-59-22-24-61-26-27-62-25-23-60-21-19-58-15-12-47-65(53,54)34-8-6-33(7-9-34)64-39-35(43)29-32(30-36(39)44)28-31(3)42(52)63-5-2/h6-9,28-30,37-38,47-49H,4-5,10-27H2,1-3H3,(H,45,50)(H,46,51)/b31-28+/t37-,38-/m1/s1. The van der Waals surface area contributed by atoms with E-state index in [1.165, 1.54) is 37.3 Å². The van der Waals surface area contributed by atoms with Crippen molar-refractivity contribution in [3.05, 3.63) is 59.2 Å². The Morgan fingerprint density at radius 3 is 1.43 bits per heavy atom. The van der Waals surface area contributed by atoms with Gasteiger partial charge in [-0.25, -0.2) is 26.7 Å². The average molecular weight is 952 g/mol. The Labute approximate surface area is 378 Å². The Bertz CT molecular complexity index is 1790. The summed E-state index contributed by atoms with van der Waals surface area (Å²) in [6, 6.07) is 6.96. The average Bonchev–Trinajstić information content (AvgIpc) is 3.28. The van der Waals surface area contributed by atoms with Crippen molar-refractivity contribution in [2.45, 2.75) is 37.9 Å². The molecule has 2 aromatic rings. The second-order valence-corrected chi connectivity index (χ2v) is 15.1. The molecule has 65 heavy (non-hydrogen) atoms. The van der Waals surface area contributed by atoms with Crippen molar-refractivity contribution in [3.63, 3.8) is 0 Å². The second-order valence-electron chi connectivity index (χ2n) is 13.3. The molecule has 23 heteroatoms. The van der Waals surface area contributed by atoms with Gasteiger partial charge in [-0.2, -0.15) is 0 Å². The van der Waals surface area contributed by atoms with E-state index in [2.05, 4.69) is 15.4 Å². The quantitative estimate of drug-likeness (QED) is 0.0359. The molecule has 368 valence electrons. The topological polar surface area (TPSA) is 254 Å². The summed E-state index contributed by atoms with van der Waals surface area (Å²) in [4.78, 5) is 35.6. The van der Waals surface area contributed by atoms with Gasteiger partial charge in [-0.1, -0.05) is 0 Å². The molecule has 20 nitrogen and oxygen atoms in total. The lowest BCUT2D eigenvalue weighted by atomic mass is 10.1. The molecule has 0 aromatic heterocycles. The van der Waals surface area contributed by atoms with E-state index in [1.807, 2.05) is 6.92 Å². The fourth-order valence-corrected chi connectivity index (χ4v) is 6.02. The number of hydrogen-bond donors (Lipinski definition) is 5. The Hall–Kier alpha value is -4.24. The Kier molecular flexibility index (Phi) is 29.9. The van der Waals surface area contributed by atoms with Gasteiger partial charge in [-0.05, 0) is 68.8 Å². The predicted octanol–water partition coefficient (Wildman–Crippen LogP) is 1.11. The monoisotopic (exact) mass is 951 g/mol. The Morgan fingerprint density at radius 1 is 0.615 bits per heavy atom. The van der Waals surface area contributed by atoms with Gasteiger partial charge >= 0.3 is 5.97 Å². The first kappa shape index (κ1) is 56.9.